The SMILES string of the molecule is CCCC(C)NC(=O)C(c1ccc(CC)cc1)N(CC#N)C(=O)C(C)NC(=O)OC(C)(C)C. The molecule has 3 unspecified atom stereocenters. The third-order valence-electron chi connectivity index (χ3n) is 5.00. The topological polar surface area (TPSA) is 112 Å². The largest absolute Gasteiger partial charge is 0.444 e. The Morgan fingerprint density at radius 2 is 1.70 bits per heavy atom. The number of carbonyl (C=O) groups is 3. The zero-order valence-corrected chi connectivity index (χ0v) is 20.9. The summed E-state index contributed by atoms with van der Waals surface area (Å²) >= 11 is 0. The maximum atomic E-state index is 13.3. The van der Waals surface area contributed by atoms with E-state index in [1.54, 1.807) is 32.9 Å². The van der Waals surface area contributed by atoms with Crippen molar-refractivity contribution in [3.63, 3.8) is 0 Å². The number of nitriles is 1. The highest BCUT2D eigenvalue weighted by Crippen LogP contribution is 2.23. The lowest BCUT2D eigenvalue weighted by Gasteiger charge is -2.32. The van der Waals surface area contributed by atoms with Crippen molar-refractivity contribution in [2.45, 2.75) is 91.5 Å². The molecule has 0 aliphatic heterocycles. The van der Waals surface area contributed by atoms with Gasteiger partial charge >= 0.3 is 6.09 Å². The number of hydrogen-bond acceptors (Lipinski definition) is 5. The predicted octanol–water partition coefficient (Wildman–Crippen LogP) is 3.86. The van der Waals surface area contributed by atoms with Gasteiger partial charge in [-0.2, -0.15) is 5.26 Å². The van der Waals surface area contributed by atoms with Gasteiger partial charge in [-0.1, -0.05) is 44.5 Å². The van der Waals surface area contributed by atoms with Crippen LogP contribution in [0.2, 0.25) is 0 Å². The van der Waals surface area contributed by atoms with Crippen LogP contribution in [0.5, 0.6) is 0 Å². The second kappa shape index (κ2) is 12.8. The van der Waals surface area contributed by atoms with E-state index in [4.69, 9.17) is 4.74 Å². The number of carbonyl (C=O) groups excluding carboxylic acids is 3. The van der Waals surface area contributed by atoms with E-state index in [2.05, 4.69) is 10.6 Å². The molecule has 1 rings (SSSR count). The van der Waals surface area contributed by atoms with Crippen molar-refractivity contribution < 1.29 is 19.1 Å². The average Bonchev–Trinajstić information content (AvgIpc) is 2.72. The first-order valence-corrected chi connectivity index (χ1v) is 11.5. The molecule has 0 fully saturated rings. The Morgan fingerprint density at radius 3 is 2.18 bits per heavy atom. The van der Waals surface area contributed by atoms with Crippen LogP contribution < -0.4 is 10.6 Å². The van der Waals surface area contributed by atoms with Gasteiger partial charge in [0.05, 0.1) is 6.07 Å². The minimum absolute atomic E-state index is 0.0868. The van der Waals surface area contributed by atoms with E-state index in [0.29, 0.717) is 5.56 Å². The lowest BCUT2D eigenvalue weighted by Crippen LogP contribution is -2.52. The molecular formula is C25H38N4O4. The molecule has 0 spiro atoms. The Hall–Kier alpha value is -3.08. The molecule has 3 atom stereocenters. The van der Waals surface area contributed by atoms with E-state index in [-0.39, 0.29) is 18.5 Å². The number of hydrogen-bond donors (Lipinski definition) is 2. The van der Waals surface area contributed by atoms with Gasteiger partial charge in [0.25, 0.3) is 0 Å². The van der Waals surface area contributed by atoms with Crippen LogP contribution in [-0.2, 0) is 20.7 Å². The van der Waals surface area contributed by atoms with Gasteiger partial charge in [0.2, 0.25) is 11.8 Å². The molecule has 33 heavy (non-hydrogen) atoms. The van der Waals surface area contributed by atoms with Crippen LogP contribution in [0.4, 0.5) is 4.79 Å². The standard InChI is InChI=1S/C25H38N4O4/c1-8-10-17(3)27-22(30)21(20-13-11-19(9-2)12-14-20)29(16-15-26)23(31)18(4)28-24(32)33-25(5,6)7/h11-14,17-18,21H,8-10,16H2,1-7H3,(H,27,30)(H,28,32). The summed E-state index contributed by atoms with van der Waals surface area (Å²) < 4.78 is 5.23. The summed E-state index contributed by atoms with van der Waals surface area (Å²) in [4.78, 5) is 40.0. The van der Waals surface area contributed by atoms with Crippen molar-refractivity contribution in [1.29, 1.82) is 5.26 Å². The van der Waals surface area contributed by atoms with Gasteiger partial charge in [0.15, 0.2) is 0 Å². The highest BCUT2D eigenvalue weighted by Gasteiger charge is 2.35. The first kappa shape index (κ1) is 28.0. The minimum atomic E-state index is -1.01. The number of ether oxygens (including phenoxy) is 1. The molecule has 8 heteroatoms. The van der Waals surface area contributed by atoms with Crippen LogP contribution in [0.3, 0.4) is 0 Å². The van der Waals surface area contributed by atoms with Crippen LogP contribution in [0.25, 0.3) is 0 Å². The Kier molecular flexibility index (Phi) is 10.9. The molecule has 0 bridgehead atoms. The van der Waals surface area contributed by atoms with Crippen LogP contribution in [0, 0.1) is 11.3 Å². The third kappa shape index (κ3) is 9.13. The molecule has 2 N–H and O–H groups in total. The first-order chi connectivity index (χ1) is 15.4. The lowest BCUT2D eigenvalue weighted by atomic mass is 10.00. The zero-order valence-electron chi connectivity index (χ0n) is 20.9. The number of benzene rings is 1. The van der Waals surface area contributed by atoms with Crippen molar-refractivity contribution in [1.82, 2.24) is 15.5 Å². The van der Waals surface area contributed by atoms with Crippen molar-refractivity contribution in [3.8, 4) is 6.07 Å². The molecule has 0 aromatic heterocycles. The molecule has 8 nitrogen and oxygen atoms in total. The summed E-state index contributed by atoms with van der Waals surface area (Å²) in [5.41, 5.74) is 0.967. The number of nitrogens with zero attached hydrogens (tertiary/aromatic N) is 2. The van der Waals surface area contributed by atoms with Crippen molar-refractivity contribution in [2.75, 3.05) is 6.54 Å². The summed E-state index contributed by atoms with van der Waals surface area (Å²) in [7, 11) is 0. The molecule has 0 radical (unpaired) electrons. The lowest BCUT2D eigenvalue weighted by molar-refractivity contribution is -0.141. The fourth-order valence-electron chi connectivity index (χ4n) is 3.40. The maximum Gasteiger partial charge on any atom is 0.408 e. The molecule has 3 amide bonds. The Bertz CT molecular complexity index is 839. The van der Waals surface area contributed by atoms with E-state index >= 15 is 0 Å². The van der Waals surface area contributed by atoms with Crippen LogP contribution >= 0.6 is 0 Å². The van der Waals surface area contributed by atoms with Gasteiger partial charge in [0.1, 0.15) is 24.2 Å². The van der Waals surface area contributed by atoms with E-state index in [0.717, 1.165) is 24.8 Å². The molecule has 0 aliphatic carbocycles. The van der Waals surface area contributed by atoms with Crippen LogP contribution in [0.1, 0.15) is 78.5 Å². The predicted molar refractivity (Wildman–Crippen MR) is 127 cm³/mol. The Labute approximate surface area is 197 Å². The molecule has 182 valence electrons. The van der Waals surface area contributed by atoms with Crippen LogP contribution in [-0.4, -0.2) is 47.0 Å². The van der Waals surface area contributed by atoms with E-state index in [1.807, 2.05) is 39.0 Å². The van der Waals surface area contributed by atoms with Gasteiger partial charge < -0.3 is 20.3 Å². The third-order valence-corrected chi connectivity index (χ3v) is 5.00. The molecule has 0 saturated carbocycles. The van der Waals surface area contributed by atoms with Crippen molar-refractivity contribution in [3.05, 3.63) is 35.4 Å². The quantitative estimate of drug-likeness (QED) is 0.517. The number of alkyl carbamates (subject to hydrolysis) is 1. The van der Waals surface area contributed by atoms with Gasteiger partial charge in [-0.05, 0) is 58.6 Å². The van der Waals surface area contributed by atoms with Crippen LogP contribution in [0.15, 0.2) is 24.3 Å². The van der Waals surface area contributed by atoms with Crippen molar-refractivity contribution in [2.24, 2.45) is 0 Å². The monoisotopic (exact) mass is 458 g/mol. The number of rotatable bonds is 10. The normalized spacial score (nSPS) is 13.8. The number of aryl methyl sites for hydroxylation is 1. The number of amides is 3. The van der Waals surface area contributed by atoms with E-state index < -0.39 is 29.7 Å². The summed E-state index contributed by atoms with van der Waals surface area (Å²) in [6.45, 7) is 12.3. The summed E-state index contributed by atoms with van der Waals surface area (Å²) in [5.74, 6) is -0.918. The van der Waals surface area contributed by atoms with E-state index in [1.165, 1.54) is 11.8 Å². The fraction of sp³-hybridized carbons (Fsp3) is 0.600. The highest BCUT2D eigenvalue weighted by atomic mass is 16.6. The van der Waals surface area contributed by atoms with E-state index in [9.17, 15) is 19.6 Å². The maximum absolute atomic E-state index is 13.3. The summed E-state index contributed by atoms with van der Waals surface area (Å²) in [6, 6.07) is 7.31. The van der Waals surface area contributed by atoms with Gasteiger partial charge in [-0.15, -0.1) is 0 Å². The molecule has 0 aliphatic rings. The minimum Gasteiger partial charge on any atom is -0.444 e. The average molecular weight is 459 g/mol. The highest BCUT2D eigenvalue weighted by molar-refractivity contribution is 5.92. The van der Waals surface area contributed by atoms with Gasteiger partial charge in [0, 0.05) is 6.04 Å². The zero-order chi connectivity index (χ0) is 25.2. The molecule has 1 aromatic carbocycles. The summed E-state index contributed by atoms with van der Waals surface area (Å²) in [5, 5.41) is 14.9. The molecular weight excluding hydrogens is 420 g/mol. The number of nitrogens with one attached hydrogen (secondary N) is 2. The second-order valence-corrected chi connectivity index (χ2v) is 9.19. The Balaban J connectivity index is 3.27. The summed E-state index contributed by atoms with van der Waals surface area (Å²) in [6.07, 6.45) is 1.78. The van der Waals surface area contributed by atoms with Gasteiger partial charge in [-0.3, -0.25) is 9.59 Å². The molecule has 0 heterocycles. The fourth-order valence-corrected chi connectivity index (χ4v) is 3.40. The van der Waals surface area contributed by atoms with Crippen molar-refractivity contribution >= 4 is 17.9 Å². The Morgan fingerprint density at radius 1 is 1.09 bits per heavy atom. The molecule has 0 saturated heterocycles. The smallest absolute Gasteiger partial charge is 0.408 e. The molecule has 1 aromatic rings. The van der Waals surface area contributed by atoms with Gasteiger partial charge in [-0.25, -0.2) is 4.79 Å². The second-order valence-electron chi connectivity index (χ2n) is 9.19. The first-order valence-electron chi connectivity index (χ1n) is 11.5.